The van der Waals surface area contributed by atoms with Crippen LogP contribution in [0.15, 0.2) is 18.2 Å². The molecular formula is C17H23NO2. The second-order valence-electron chi connectivity index (χ2n) is 6.50. The summed E-state index contributed by atoms with van der Waals surface area (Å²) in [6, 6.07) is 5.01. The lowest BCUT2D eigenvalue weighted by Crippen LogP contribution is -2.42. The fraction of sp³-hybridized carbons (Fsp3) is 0.588. The fourth-order valence-corrected chi connectivity index (χ4v) is 3.87. The molecule has 1 aliphatic heterocycles. The largest absolute Gasteiger partial charge is 0.508 e. The number of amides is 1. The molecule has 1 amide bonds. The number of carbonyl (C=O) groups excluding carboxylic acids is 1. The predicted octanol–water partition coefficient (Wildman–Crippen LogP) is 3.50. The third-order valence-electron chi connectivity index (χ3n) is 5.22. The van der Waals surface area contributed by atoms with Crippen molar-refractivity contribution in [3.8, 4) is 5.75 Å². The lowest BCUT2D eigenvalue weighted by atomic mass is 9.77. The highest BCUT2D eigenvalue weighted by Crippen LogP contribution is 2.46. The lowest BCUT2D eigenvalue weighted by Gasteiger charge is -2.39. The van der Waals surface area contributed by atoms with Gasteiger partial charge in [-0.3, -0.25) is 4.79 Å². The topological polar surface area (TPSA) is 40.5 Å². The van der Waals surface area contributed by atoms with E-state index in [0.29, 0.717) is 5.41 Å². The van der Waals surface area contributed by atoms with Crippen LogP contribution < -0.4 is 0 Å². The molecule has 3 nitrogen and oxygen atoms in total. The maximum Gasteiger partial charge on any atom is 0.254 e. The summed E-state index contributed by atoms with van der Waals surface area (Å²) in [5.41, 5.74) is 2.13. The minimum atomic E-state index is 0.121. The van der Waals surface area contributed by atoms with Gasteiger partial charge in [-0.1, -0.05) is 12.8 Å². The monoisotopic (exact) mass is 273 g/mol. The zero-order valence-corrected chi connectivity index (χ0v) is 12.2. The molecule has 1 aromatic carbocycles. The second kappa shape index (κ2) is 5.12. The van der Waals surface area contributed by atoms with Crippen LogP contribution in [0.4, 0.5) is 0 Å². The summed E-state index contributed by atoms with van der Waals surface area (Å²) in [6.45, 7) is 3.66. The van der Waals surface area contributed by atoms with E-state index in [-0.39, 0.29) is 11.7 Å². The molecule has 0 atom stereocenters. The van der Waals surface area contributed by atoms with Gasteiger partial charge in [0.15, 0.2) is 0 Å². The van der Waals surface area contributed by atoms with Crippen molar-refractivity contribution in [2.45, 2.75) is 45.4 Å². The van der Waals surface area contributed by atoms with Crippen molar-refractivity contribution in [1.82, 2.24) is 4.90 Å². The van der Waals surface area contributed by atoms with Crippen LogP contribution in [0.3, 0.4) is 0 Å². The zero-order chi connectivity index (χ0) is 14.2. The number of carbonyl (C=O) groups is 1. The molecule has 0 aromatic heterocycles. The normalized spacial score (nSPS) is 21.4. The molecule has 2 fully saturated rings. The van der Waals surface area contributed by atoms with E-state index in [1.807, 2.05) is 11.8 Å². The molecule has 108 valence electrons. The van der Waals surface area contributed by atoms with Crippen molar-refractivity contribution in [3.05, 3.63) is 29.3 Å². The molecule has 1 saturated heterocycles. The third-order valence-corrected chi connectivity index (χ3v) is 5.22. The summed E-state index contributed by atoms with van der Waals surface area (Å²) >= 11 is 0. The summed E-state index contributed by atoms with van der Waals surface area (Å²) in [5, 5.41) is 9.44. The van der Waals surface area contributed by atoms with E-state index in [1.165, 1.54) is 25.7 Å². The van der Waals surface area contributed by atoms with Crippen LogP contribution in [0.25, 0.3) is 0 Å². The Balaban J connectivity index is 1.69. The summed E-state index contributed by atoms with van der Waals surface area (Å²) in [6.07, 6.45) is 7.77. The Hall–Kier alpha value is -1.51. The van der Waals surface area contributed by atoms with Crippen molar-refractivity contribution in [3.63, 3.8) is 0 Å². The van der Waals surface area contributed by atoms with Crippen molar-refractivity contribution in [2.75, 3.05) is 13.1 Å². The average molecular weight is 273 g/mol. The van der Waals surface area contributed by atoms with Gasteiger partial charge in [0.1, 0.15) is 5.75 Å². The first-order valence-corrected chi connectivity index (χ1v) is 7.69. The van der Waals surface area contributed by atoms with Crippen LogP contribution in [-0.2, 0) is 0 Å². The Kier molecular flexibility index (Phi) is 3.45. The standard InChI is InChI=1S/C17H23NO2/c1-13-12-14(19)4-5-15(13)16(20)18-10-8-17(9-11-18)6-2-3-7-17/h4-5,12,19H,2-3,6-11H2,1H3. The fourth-order valence-electron chi connectivity index (χ4n) is 3.87. The van der Waals surface area contributed by atoms with Gasteiger partial charge in [-0.15, -0.1) is 0 Å². The average Bonchev–Trinajstić information content (AvgIpc) is 2.87. The van der Waals surface area contributed by atoms with E-state index in [9.17, 15) is 9.90 Å². The number of aryl methyl sites for hydroxylation is 1. The maximum atomic E-state index is 12.6. The molecule has 1 aromatic rings. The van der Waals surface area contributed by atoms with Crippen LogP contribution >= 0.6 is 0 Å². The van der Waals surface area contributed by atoms with E-state index in [2.05, 4.69) is 0 Å². The van der Waals surface area contributed by atoms with Crippen LogP contribution in [0.5, 0.6) is 5.75 Å². The molecule has 1 aliphatic carbocycles. The number of aromatic hydroxyl groups is 1. The first-order valence-electron chi connectivity index (χ1n) is 7.69. The van der Waals surface area contributed by atoms with Gasteiger partial charge in [-0.25, -0.2) is 0 Å². The molecular weight excluding hydrogens is 250 g/mol. The van der Waals surface area contributed by atoms with Gasteiger partial charge < -0.3 is 10.0 Å². The van der Waals surface area contributed by atoms with Crippen molar-refractivity contribution in [1.29, 1.82) is 0 Å². The van der Waals surface area contributed by atoms with E-state index < -0.39 is 0 Å². The molecule has 3 rings (SSSR count). The molecule has 1 spiro atoms. The zero-order valence-electron chi connectivity index (χ0n) is 12.2. The molecule has 1 saturated carbocycles. The molecule has 3 heteroatoms. The van der Waals surface area contributed by atoms with Crippen molar-refractivity contribution >= 4 is 5.91 Å². The van der Waals surface area contributed by atoms with Crippen molar-refractivity contribution in [2.24, 2.45) is 5.41 Å². The Morgan fingerprint density at radius 2 is 1.80 bits per heavy atom. The van der Waals surface area contributed by atoms with Gasteiger partial charge >= 0.3 is 0 Å². The van der Waals surface area contributed by atoms with Gasteiger partial charge in [0, 0.05) is 18.7 Å². The first kappa shape index (κ1) is 13.5. The number of likely N-dealkylation sites (tertiary alicyclic amines) is 1. The second-order valence-corrected chi connectivity index (χ2v) is 6.50. The maximum absolute atomic E-state index is 12.6. The molecule has 1 N–H and O–H groups in total. The summed E-state index contributed by atoms with van der Waals surface area (Å²) in [7, 11) is 0. The number of piperidine rings is 1. The Morgan fingerprint density at radius 3 is 2.40 bits per heavy atom. The molecule has 0 radical (unpaired) electrons. The van der Waals surface area contributed by atoms with E-state index in [0.717, 1.165) is 37.1 Å². The van der Waals surface area contributed by atoms with Gasteiger partial charge in [0.25, 0.3) is 5.91 Å². The molecule has 2 aliphatic rings. The minimum Gasteiger partial charge on any atom is -0.508 e. The summed E-state index contributed by atoms with van der Waals surface area (Å²) in [4.78, 5) is 14.6. The van der Waals surface area contributed by atoms with Gasteiger partial charge in [-0.05, 0) is 61.8 Å². The Morgan fingerprint density at radius 1 is 1.15 bits per heavy atom. The number of phenols is 1. The van der Waals surface area contributed by atoms with E-state index in [1.54, 1.807) is 18.2 Å². The van der Waals surface area contributed by atoms with Crippen LogP contribution in [-0.4, -0.2) is 29.0 Å². The Labute approximate surface area is 120 Å². The quantitative estimate of drug-likeness (QED) is 0.850. The smallest absolute Gasteiger partial charge is 0.254 e. The van der Waals surface area contributed by atoms with Crippen LogP contribution in [0, 0.1) is 12.3 Å². The molecule has 20 heavy (non-hydrogen) atoms. The minimum absolute atomic E-state index is 0.121. The van der Waals surface area contributed by atoms with E-state index >= 15 is 0 Å². The van der Waals surface area contributed by atoms with Crippen LogP contribution in [0.1, 0.15) is 54.4 Å². The first-order chi connectivity index (χ1) is 9.60. The highest BCUT2D eigenvalue weighted by Gasteiger charge is 2.38. The predicted molar refractivity (Wildman–Crippen MR) is 78.9 cm³/mol. The lowest BCUT2D eigenvalue weighted by molar-refractivity contribution is 0.0587. The molecule has 0 bridgehead atoms. The molecule has 1 heterocycles. The van der Waals surface area contributed by atoms with Gasteiger partial charge in [0.2, 0.25) is 0 Å². The highest BCUT2D eigenvalue weighted by molar-refractivity contribution is 5.95. The molecule has 0 unspecified atom stereocenters. The highest BCUT2D eigenvalue weighted by atomic mass is 16.3. The van der Waals surface area contributed by atoms with Gasteiger partial charge in [0.05, 0.1) is 0 Å². The van der Waals surface area contributed by atoms with Crippen molar-refractivity contribution < 1.29 is 9.90 Å². The van der Waals surface area contributed by atoms with Crippen LogP contribution in [0.2, 0.25) is 0 Å². The number of rotatable bonds is 1. The SMILES string of the molecule is Cc1cc(O)ccc1C(=O)N1CCC2(CCCC2)CC1. The Bertz CT molecular complexity index is 508. The summed E-state index contributed by atoms with van der Waals surface area (Å²) in [5.74, 6) is 0.345. The number of benzene rings is 1. The van der Waals surface area contributed by atoms with Gasteiger partial charge in [-0.2, -0.15) is 0 Å². The number of hydrogen-bond donors (Lipinski definition) is 1. The number of hydrogen-bond acceptors (Lipinski definition) is 2. The number of nitrogens with zero attached hydrogens (tertiary/aromatic N) is 1. The number of phenolic OH excluding ortho intramolecular Hbond substituents is 1. The summed E-state index contributed by atoms with van der Waals surface area (Å²) < 4.78 is 0. The third kappa shape index (κ3) is 2.41. The van der Waals surface area contributed by atoms with E-state index in [4.69, 9.17) is 0 Å².